The molecule has 1 aromatic rings. The molecule has 1 amide bonds. The first kappa shape index (κ1) is 13.6. The van der Waals surface area contributed by atoms with Gasteiger partial charge in [0.1, 0.15) is 6.04 Å². The summed E-state index contributed by atoms with van der Waals surface area (Å²) in [6.07, 6.45) is 0.793. The van der Waals surface area contributed by atoms with Gasteiger partial charge in [-0.05, 0) is 17.0 Å². The van der Waals surface area contributed by atoms with Gasteiger partial charge in [0.25, 0.3) is 0 Å². The van der Waals surface area contributed by atoms with Gasteiger partial charge >= 0.3 is 5.97 Å². The number of hydrogen-bond donors (Lipinski definition) is 1. The van der Waals surface area contributed by atoms with Gasteiger partial charge in [0.2, 0.25) is 5.91 Å². The van der Waals surface area contributed by atoms with Crippen LogP contribution in [0.4, 0.5) is 0 Å². The lowest BCUT2D eigenvalue weighted by atomic mass is 9.93. The molecule has 4 nitrogen and oxygen atoms in total. The molecule has 0 aromatic heterocycles. The van der Waals surface area contributed by atoms with E-state index in [1.165, 1.54) is 4.90 Å². The Morgan fingerprint density at radius 3 is 2.53 bits per heavy atom. The van der Waals surface area contributed by atoms with E-state index in [0.717, 1.165) is 11.1 Å². The minimum Gasteiger partial charge on any atom is -0.480 e. The monoisotopic (exact) mass is 261 g/mol. The fourth-order valence-corrected chi connectivity index (χ4v) is 2.47. The highest BCUT2D eigenvalue weighted by molar-refractivity contribution is 5.84. The molecular formula is C15H19NO3. The third-order valence-corrected chi connectivity index (χ3v) is 3.44. The Hall–Kier alpha value is -1.84. The molecule has 0 radical (unpaired) electrons. The van der Waals surface area contributed by atoms with Crippen molar-refractivity contribution in [2.45, 2.75) is 39.3 Å². The summed E-state index contributed by atoms with van der Waals surface area (Å²) in [5, 5.41) is 9.32. The average Bonchev–Trinajstić information content (AvgIpc) is 2.36. The fraction of sp³-hybridized carbons (Fsp3) is 0.467. The zero-order chi connectivity index (χ0) is 14.0. The molecule has 0 saturated heterocycles. The first-order chi connectivity index (χ1) is 8.99. The normalized spacial score (nSPS) is 18.3. The molecule has 0 fully saturated rings. The van der Waals surface area contributed by atoms with Crippen molar-refractivity contribution < 1.29 is 14.7 Å². The highest BCUT2D eigenvalue weighted by Gasteiger charge is 2.34. The molecule has 102 valence electrons. The molecule has 1 aromatic carbocycles. The third-order valence-electron chi connectivity index (χ3n) is 3.44. The number of carboxylic acid groups (broad SMARTS) is 1. The van der Waals surface area contributed by atoms with Gasteiger partial charge in [-0.25, -0.2) is 4.79 Å². The molecule has 0 bridgehead atoms. The van der Waals surface area contributed by atoms with E-state index in [0.29, 0.717) is 19.4 Å². The maximum absolute atomic E-state index is 12.2. The van der Waals surface area contributed by atoms with Gasteiger partial charge in [-0.2, -0.15) is 0 Å². The summed E-state index contributed by atoms with van der Waals surface area (Å²) in [6.45, 7) is 4.33. The van der Waals surface area contributed by atoms with Crippen LogP contribution in [0.2, 0.25) is 0 Å². The summed E-state index contributed by atoms with van der Waals surface area (Å²) in [5.41, 5.74) is 2.08. The Labute approximate surface area is 113 Å². The molecule has 1 N–H and O–H groups in total. The van der Waals surface area contributed by atoms with E-state index in [1.54, 1.807) is 0 Å². The largest absolute Gasteiger partial charge is 0.480 e. The number of carbonyl (C=O) groups is 2. The molecular weight excluding hydrogens is 242 g/mol. The summed E-state index contributed by atoms with van der Waals surface area (Å²) in [5.74, 6) is -0.761. The Bertz CT molecular complexity index is 496. The Kier molecular flexibility index (Phi) is 3.88. The number of carboxylic acids is 1. The first-order valence-corrected chi connectivity index (χ1v) is 6.58. The van der Waals surface area contributed by atoms with Crippen LogP contribution in [0, 0.1) is 5.92 Å². The number of amides is 1. The Balaban J connectivity index is 2.26. The predicted octanol–water partition coefficient (Wildman–Crippen LogP) is 2.07. The maximum Gasteiger partial charge on any atom is 0.326 e. The van der Waals surface area contributed by atoms with Crippen LogP contribution in [0.15, 0.2) is 24.3 Å². The van der Waals surface area contributed by atoms with E-state index in [1.807, 2.05) is 38.1 Å². The number of fused-ring (bicyclic) bond motifs is 1. The lowest BCUT2D eigenvalue weighted by Gasteiger charge is -2.34. The highest BCUT2D eigenvalue weighted by atomic mass is 16.4. The van der Waals surface area contributed by atoms with Gasteiger partial charge in [0.05, 0.1) is 0 Å². The van der Waals surface area contributed by atoms with Crippen LogP contribution < -0.4 is 0 Å². The van der Waals surface area contributed by atoms with Gasteiger partial charge in [0.15, 0.2) is 0 Å². The van der Waals surface area contributed by atoms with Crippen molar-refractivity contribution in [1.29, 1.82) is 0 Å². The second-order valence-corrected chi connectivity index (χ2v) is 5.45. The molecule has 4 heteroatoms. The van der Waals surface area contributed by atoms with E-state index in [-0.39, 0.29) is 11.8 Å². The van der Waals surface area contributed by atoms with E-state index in [2.05, 4.69) is 0 Å². The van der Waals surface area contributed by atoms with Gasteiger partial charge < -0.3 is 10.0 Å². The van der Waals surface area contributed by atoms with Crippen molar-refractivity contribution >= 4 is 11.9 Å². The second-order valence-electron chi connectivity index (χ2n) is 5.45. The first-order valence-electron chi connectivity index (χ1n) is 6.58. The molecule has 19 heavy (non-hydrogen) atoms. The van der Waals surface area contributed by atoms with Crippen LogP contribution in [0.1, 0.15) is 31.4 Å². The van der Waals surface area contributed by atoms with Crippen LogP contribution in [-0.2, 0) is 22.6 Å². The number of nitrogens with zero attached hydrogens (tertiary/aromatic N) is 1. The SMILES string of the molecule is CC(C)CC(=O)N1Cc2ccccc2CC1C(=O)O. The van der Waals surface area contributed by atoms with E-state index in [9.17, 15) is 14.7 Å². The van der Waals surface area contributed by atoms with Gasteiger partial charge in [-0.3, -0.25) is 4.79 Å². The standard InChI is InChI=1S/C15H19NO3/c1-10(2)7-14(17)16-9-12-6-4-3-5-11(12)8-13(16)15(18)19/h3-6,10,13H,7-9H2,1-2H3,(H,18,19). The van der Waals surface area contributed by atoms with E-state index >= 15 is 0 Å². The summed E-state index contributed by atoms with van der Waals surface area (Å²) < 4.78 is 0. The van der Waals surface area contributed by atoms with Crippen molar-refractivity contribution in [3.05, 3.63) is 35.4 Å². The van der Waals surface area contributed by atoms with Crippen LogP contribution in [-0.4, -0.2) is 27.9 Å². The molecule has 0 saturated carbocycles. The molecule has 0 aliphatic carbocycles. The average molecular weight is 261 g/mol. The molecule has 0 spiro atoms. The molecule has 2 rings (SSSR count). The molecule has 1 heterocycles. The van der Waals surface area contributed by atoms with Crippen LogP contribution in [0.25, 0.3) is 0 Å². The quantitative estimate of drug-likeness (QED) is 0.906. The number of aliphatic carboxylic acids is 1. The molecule has 1 aliphatic rings. The zero-order valence-electron chi connectivity index (χ0n) is 11.3. The zero-order valence-corrected chi connectivity index (χ0v) is 11.3. The van der Waals surface area contributed by atoms with Gasteiger partial charge in [-0.1, -0.05) is 38.1 Å². The molecule has 1 aliphatic heterocycles. The molecule has 1 atom stereocenters. The smallest absolute Gasteiger partial charge is 0.326 e. The summed E-state index contributed by atoms with van der Waals surface area (Å²) in [4.78, 5) is 25.1. The lowest BCUT2D eigenvalue weighted by Crippen LogP contribution is -2.48. The van der Waals surface area contributed by atoms with Gasteiger partial charge in [-0.15, -0.1) is 0 Å². The number of rotatable bonds is 3. The third kappa shape index (κ3) is 2.95. The number of carbonyl (C=O) groups excluding carboxylic acids is 1. The fourth-order valence-electron chi connectivity index (χ4n) is 2.47. The predicted molar refractivity (Wildman–Crippen MR) is 71.6 cm³/mol. The van der Waals surface area contributed by atoms with Crippen molar-refractivity contribution in [1.82, 2.24) is 4.90 Å². The van der Waals surface area contributed by atoms with Crippen molar-refractivity contribution in [2.75, 3.05) is 0 Å². The Morgan fingerprint density at radius 2 is 1.95 bits per heavy atom. The number of hydrogen-bond acceptors (Lipinski definition) is 2. The molecule has 1 unspecified atom stereocenters. The van der Waals surface area contributed by atoms with Gasteiger partial charge in [0, 0.05) is 19.4 Å². The van der Waals surface area contributed by atoms with Crippen LogP contribution in [0.5, 0.6) is 0 Å². The van der Waals surface area contributed by atoms with Crippen molar-refractivity contribution in [3.63, 3.8) is 0 Å². The van der Waals surface area contributed by atoms with E-state index in [4.69, 9.17) is 0 Å². The minimum absolute atomic E-state index is 0.0723. The van der Waals surface area contributed by atoms with Crippen molar-refractivity contribution in [2.24, 2.45) is 5.92 Å². The summed E-state index contributed by atoms with van der Waals surface area (Å²) in [6, 6.07) is 6.99. The maximum atomic E-state index is 12.2. The summed E-state index contributed by atoms with van der Waals surface area (Å²) in [7, 11) is 0. The Morgan fingerprint density at radius 1 is 1.32 bits per heavy atom. The summed E-state index contributed by atoms with van der Waals surface area (Å²) >= 11 is 0. The number of benzene rings is 1. The highest BCUT2D eigenvalue weighted by Crippen LogP contribution is 2.24. The van der Waals surface area contributed by atoms with Crippen molar-refractivity contribution in [3.8, 4) is 0 Å². The topological polar surface area (TPSA) is 57.6 Å². The van der Waals surface area contributed by atoms with Crippen LogP contribution in [0.3, 0.4) is 0 Å². The minimum atomic E-state index is -0.924. The lowest BCUT2D eigenvalue weighted by molar-refractivity contribution is -0.151. The second kappa shape index (κ2) is 5.43. The van der Waals surface area contributed by atoms with E-state index < -0.39 is 12.0 Å². The van der Waals surface area contributed by atoms with Crippen LogP contribution >= 0.6 is 0 Å².